The van der Waals surface area contributed by atoms with Crippen molar-refractivity contribution in [3.8, 4) is 16.9 Å². The number of hydrogen-bond donors (Lipinski definition) is 1. The largest absolute Gasteiger partial charge is 0.496 e. The molecule has 2 amide bonds. The fourth-order valence-electron chi connectivity index (χ4n) is 6.29. The molecule has 2 N–H and O–H groups in total. The molecule has 0 aliphatic carbocycles. The first-order valence-electron chi connectivity index (χ1n) is 14.1. The molecule has 5 aromatic rings. The van der Waals surface area contributed by atoms with Gasteiger partial charge in [0.2, 0.25) is 5.91 Å². The van der Waals surface area contributed by atoms with Crippen molar-refractivity contribution in [2.24, 2.45) is 5.73 Å². The average molecular weight is 567 g/mol. The molecule has 42 heavy (non-hydrogen) atoms. The van der Waals surface area contributed by atoms with Crippen LogP contribution in [0, 0.1) is 13.8 Å². The molecule has 9 nitrogen and oxygen atoms in total. The first-order valence-corrected chi connectivity index (χ1v) is 14.1. The Morgan fingerprint density at radius 2 is 1.76 bits per heavy atom. The summed E-state index contributed by atoms with van der Waals surface area (Å²) in [4.78, 5) is 28.5. The number of morpholine rings is 1. The van der Waals surface area contributed by atoms with Crippen LogP contribution in [0.5, 0.6) is 5.75 Å². The Bertz CT molecular complexity index is 1820. The number of carbonyl (C=O) groups excluding carboxylic acids is 2. The fraction of sp³-hybridized carbons (Fsp3) is 0.303. The van der Waals surface area contributed by atoms with E-state index in [1.165, 1.54) is 0 Å². The van der Waals surface area contributed by atoms with Gasteiger partial charge in [-0.2, -0.15) is 0 Å². The Labute approximate surface area is 243 Å². The molecule has 0 spiro atoms. The number of amides is 2. The number of para-hydroxylation sites is 1. The van der Waals surface area contributed by atoms with Crippen LogP contribution in [0.3, 0.4) is 0 Å². The predicted molar refractivity (Wildman–Crippen MR) is 161 cm³/mol. The molecule has 3 heterocycles. The second-order valence-corrected chi connectivity index (χ2v) is 11.1. The monoisotopic (exact) mass is 566 g/mol. The number of nitrogens with two attached hydrogens (primary N) is 1. The van der Waals surface area contributed by atoms with Crippen LogP contribution in [0.4, 0.5) is 0 Å². The van der Waals surface area contributed by atoms with Gasteiger partial charge in [-0.05, 0) is 69.7 Å². The highest BCUT2D eigenvalue weighted by molar-refractivity contribution is 6.20. The van der Waals surface area contributed by atoms with Gasteiger partial charge in [-0.3, -0.25) is 9.59 Å². The fourth-order valence-corrected chi connectivity index (χ4v) is 6.29. The van der Waals surface area contributed by atoms with E-state index in [0.29, 0.717) is 41.9 Å². The van der Waals surface area contributed by atoms with Crippen LogP contribution in [0.25, 0.3) is 32.9 Å². The van der Waals surface area contributed by atoms with Gasteiger partial charge in [0.1, 0.15) is 11.5 Å². The molecule has 2 aromatic heterocycles. The summed E-state index contributed by atoms with van der Waals surface area (Å²) in [5, 5.41) is 5.60. The van der Waals surface area contributed by atoms with Gasteiger partial charge in [0, 0.05) is 51.6 Å². The van der Waals surface area contributed by atoms with Crippen LogP contribution in [-0.2, 0) is 11.3 Å². The van der Waals surface area contributed by atoms with E-state index in [0.717, 1.165) is 44.6 Å². The highest BCUT2D eigenvalue weighted by atomic mass is 16.5. The summed E-state index contributed by atoms with van der Waals surface area (Å²) in [6.07, 6.45) is -0.0955. The average Bonchev–Trinajstić information content (AvgIpc) is 3.47. The summed E-state index contributed by atoms with van der Waals surface area (Å²) in [5.41, 5.74) is 11.9. The predicted octanol–water partition coefficient (Wildman–Crippen LogP) is 5.47. The van der Waals surface area contributed by atoms with E-state index in [9.17, 15) is 9.59 Å². The van der Waals surface area contributed by atoms with Gasteiger partial charge in [0.25, 0.3) is 5.91 Å². The van der Waals surface area contributed by atoms with Crippen molar-refractivity contribution in [2.45, 2.75) is 46.4 Å². The third-order valence-electron chi connectivity index (χ3n) is 8.03. The molecule has 2 atom stereocenters. The maximum absolute atomic E-state index is 13.7. The minimum atomic E-state index is -0.558. The first-order chi connectivity index (χ1) is 20.2. The van der Waals surface area contributed by atoms with Crippen LogP contribution in [0.2, 0.25) is 0 Å². The molecule has 0 bridgehead atoms. The SMILES string of the molecule is COc1ccccc1Cn1c2ccc(C(=O)N3C[C@@H](C)O[C@@H](C)C3)cc2c2c(C(N)=O)cc(-c3c(C)noc3C)cc21. The van der Waals surface area contributed by atoms with Crippen molar-refractivity contribution >= 4 is 33.6 Å². The second-order valence-electron chi connectivity index (χ2n) is 11.1. The van der Waals surface area contributed by atoms with Gasteiger partial charge in [0.05, 0.1) is 37.1 Å². The number of carbonyl (C=O) groups is 2. The summed E-state index contributed by atoms with van der Waals surface area (Å²) in [6.45, 7) is 9.17. The molecule has 1 saturated heterocycles. The highest BCUT2D eigenvalue weighted by Crippen LogP contribution is 2.38. The van der Waals surface area contributed by atoms with Gasteiger partial charge in [-0.1, -0.05) is 23.4 Å². The maximum Gasteiger partial charge on any atom is 0.254 e. The molecule has 216 valence electrons. The summed E-state index contributed by atoms with van der Waals surface area (Å²) in [5.74, 6) is 0.776. The number of ether oxygens (including phenoxy) is 2. The third kappa shape index (κ3) is 4.69. The molecule has 1 aliphatic heterocycles. The van der Waals surface area contributed by atoms with E-state index >= 15 is 0 Å². The number of aryl methyl sites for hydroxylation is 2. The zero-order valence-electron chi connectivity index (χ0n) is 24.4. The van der Waals surface area contributed by atoms with Crippen molar-refractivity contribution in [1.82, 2.24) is 14.6 Å². The van der Waals surface area contributed by atoms with Gasteiger partial charge < -0.3 is 29.2 Å². The molecule has 0 unspecified atom stereocenters. The van der Waals surface area contributed by atoms with E-state index in [4.69, 9.17) is 19.7 Å². The minimum Gasteiger partial charge on any atom is -0.496 e. The van der Waals surface area contributed by atoms with Crippen molar-refractivity contribution in [3.63, 3.8) is 0 Å². The van der Waals surface area contributed by atoms with Gasteiger partial charge in [0.15, 0.2) is 0 Å². The Balaban J connectivity index is 1.61. The van der Waals surface area contributed by atoms with Crippen LogP contribution < -0.4 is 10.5 Å². The number of aromatic nitrogens is 2. The molecule has 3 aromatic carbocycles. The number of nitrogens with zero attached hydrogens (tertiary/aromatic N) is 3. The summed E-state index contributed by atoms with van der Waals surface area (Å²) >= 11 is 0. The maximum atomic E-state index is 13.7. The second kappa shape index (κ2) is 10.6. The lowest BCUT2D eigenvalue weighted by Gasteiger charge is -2.35. The molecule has 6 rings (SSSR count). The van der Waals surface area contributed by atoms with E-state index in [1.54, 1.807) is 13.2 Å². The van der Waals surface area contributed by atoms with Gasteiger partial charge in [-0.25, -0.2) is 0 Å². The number of fused-ring (bicyclic) bond motifs is 3. The normalized spacial score (nSPS) is 17.2. The zero-order valence-corrected chi connectivity index (χ0v) is 24.4. The number of primary amides is 1. The highest BCUT2D eigenvalue weighted by Gasteiger charge is 2.28. The Morgan fingerprint density at radius 1 is 1.02 bits per heavy atom. The molecular weight excluding hydrogens is 532 g/mol. The molecule has 9 heteroatoms. The van der Waals surface area contributed by atoms with Crippen LogP contribution in [0.15, 0.2) is 59.1 Å². The Kier molecular flexibility index (Phi) is 6.98. The first kappa shape index (κ1) is 27.5. The topological polar surface area (TPSA) is 113 Å². The Morgan fingerprint density at radius 3 is 2.43 bits per heavy atom. The van der Waals surface area contributed by atoms with Crippen LogP contribution in [0.1, 0.15) is 51.6 Å². The molecule has 0 saturated carbocycles. The molecule has 1 fully saturated rings. The molecule has 0 radical (unpaired) electrons. The third-order valence-corrected chi connectivity index (χ3v) is 8.03. The number of methoxy groups -OCH3 is 1. The lowest BCUT2D eigenvalue weighted by atomic mass is 9.97. The number of hydrogen-bond acceptors (Lipinski definition) is 6. The van der Waals surface area contributed by atoms with E-state index in [-0.39, 0.29) is 18.1 Å². The van der Waals surface area contributed by atoms with Gasteiger partial charge >= 0.3 is 0 Å². The lowest BCUT2D eigenvalue weighted by molar-refractivity contribution is -0.0586. The van der Waals surface area contributed by atoms with Crippen LogP contribution >= 0.6 is 0 Å². The quantitative estimate of drug-likeness (QED) is 0.292. The zero-order chi connectivity index (χ0) is 29.7. The van der Waals surface area contributed by atoms with Crippen molar-refractivity contribution in [3.05, 3.63) is 82.7 Å². The number of benzene rings is 3. The van der Waals surface area contributed by atoms with Crippen LogP contribution in [-0.4, -0.2) is 58.8 Å². The molecular formula is C33H34N4O5. The summed E-state index contributed by atoms with van der Waals surface area (Å²) in [7, 11) is 1.65. The van der Waals surface area contributed by atoms with E-state index in [1.807, 2.05) is 81.1 Å². The standard InChI is InChI=1S/C33H34N4O5/c1-18-15-36(16-19(2)41-18)33(39)22-10-11-27-25(12-22)31-26(32(34)38)13-24(30-20(3)35-42-21(30)4)14-28(31)37(27)17-23-8-6-7-9-29(23)40-5/h6-14,18-19H,15-17H2,1-5H3,(H2,34,38)/t18-,19+. The smallest absolute Gasteiger partial charge is 0.254 e. The van der Waals surface area contributed by atoms with Crippen molar-refractivity contribution in [2.75, 3.05) is 20.2 Å². The van der Waals surface area contributed by atoms with E-state index in [2.05, 4.69) is 9.72 Å². The van der Waals surface area contributed by atoms with Crippen molar-refractivity contribution < 1.29 is 23.6 Å². The molecule has 1 aliphatic rings. The van der Waals surface area contributed by atoms with Gasteiger partial charge in [-0.15, -0.1) is 0 Å². The van der Waals surface area contributed by atoms with Crippen molar-refractivity contribution in [1.29, 1.82) is 0 Å². The minimum absolute atomic E-state index is 0.0478. The summed E-state index contributed by atoms with van der Waals surface area (Å²) in [6, 6.07) is 17.4. The summed E-state index contributed by atoms with van der Waals surface area (Å²) < 4.78 is 19.1. The lowest BCUT2D eigenvalue weighted by Crippen LogP contribution is -2.48. The van der Waals surface area contributed by atoms with E-state index < -0.39 is 5.91 Å². The number of rotatable bonds is 6. The Hall–Kier alpha value is -4.63.